The number of nitrogens with zero attached hydrogens (tertiary/aromatic N) is 4. The number of likely N-dealkylation sites (N-methyl/N-ethyl adjacent to an activating group) is 1. The molecule has 20 heavy (non-hydrogen) atoms. The number of rotatable bonds is 12. The molecule has 0 radical (unpaired) electrons. The zero-order valence-electron chi connectivity index (χ0n) is 12.3. The van der Waals surface area contributed by atoms with Crippen molar-refractivity contribution in [2.45, 2.75) is 44.5 Å². The fraction of sp³-hybridized carbons (Fsp3) is 0.917. The van der Waals surface area contributed by atoms with Gasteiger partial charge >= 0.3 is 0 Å². The Bertz CT molecular complexity index is 350. The number of hydrogen-bond donors (Lipinski definition) is 2. The molecule has 116 valence electrons. The highest BCUT2D eigenvalue weighted by atomic mass is 32.2. The third-order valence-corrected chi connectivity index (χ3v) is 3.71. The lowest BCUT2D eigenvalue weighted by molar-refractivity contribution is 0.0473. The van der Waals surface area contributed by atoms with E-state index in [9.17, 15) is 5.11 Å². The standard InChI is InChI=1S/C12H25N5O2S/c1-3-5-8-19-9-11(18)10-20-12-14-15-16-17(12)7-6-13-4-2/h11,13,18H,3-10H2,1-2H3. The first-order chi connectivity index (χ1) is 9.77. The van der Waals surface area contributed by atoms with Crippen molar-refractivity contribution in [3.63, 3.8) is 0 Å². The Kier molecular flexibility index (Phi) is 9.56. The number of aliphatic hydroxyl groups excluding tert-OH is 1. The van der Waals surface area contributed by atoms with E-state index < -0.39 is 6.10 Å². The van der Waals surface area contributed by atoms with Crippen molar-refractivity contribution in [2.24, 2.45) is 0 Å². The number of thioether (sulfide) groups is 1. The van der Waals surface area contributed by atoms with E-state index in [2.05, 4.69) is 34.7 Å². The highest BCUT2D eigenvalue weighted by Crippen LogP contribution is 2.14. The van der Waals surface area contributed by atoms with E-state index in [1.54, 1.807) is 4.68 Å². The van der Waals surface area contributed by atoms with Crippen LogP contribution in [0, 0.1) is 0 Å². The second-order valence-corrected chi connectivity index (χ2v) is 5.42. The van der Waals surface area contributed by atoms with Crippen molar-refractivity contribution in [3.8, 4) is 0 Å². The van der Waals surface area contributed by atoms with Gasteiger partial charge in [-0.2, -0.15) is 0 Å². The molecule has 1 aromatic heterocycles. The number of nitrogens with one attached hydrogen (secondary N) is 1. The molecule has 0 saturated heterocycles. The van der Waals surface area contributed by atoms with Gasteiger partial charge in [-0.3, -0.25) is 0 Å². The Labute approximate surface area is 124 Å². The Morgan fingerprint density at radius 3 is 3.05 bits per heavy atom. The summed E-state index contributed by atoms with van der Waals surface area (Å²) in [5.41, 5.74) is 0. The largest absolute Gasteiger partial charge is 0.390 e. The monoisotopic (exact) mass is 303 g/mol. The van der Waals surface area contributed by atoms with Gasteiger partial charge in [0.05, 0.1) is 19.3 Å². The first-order valence-corrected chi connectivity index (χ1v) is 8.12. The highest BCUT2D eigenvalue weighted by molar-refractivity contribution is 7.99. The van der Waals surface area contributed by atoms with Crippen molar-refractivity contribution in [1.29, 1.82) is 0 Å². The van der Waals surface area contributed by atoms with Crippen LogP contribution in [-0.4, -0.2) is 63.5 Å². The summed E-state index contributed by atoms with van der Waals surface area (Å²) >= 11 is 1.45. The molecule has 1 atom stereocenters. The Morgan fingerprint density at radius 2 is 2.30 bits per heavy atom. The van der Waals surface area contributed by atoms with E-state index in [1.165, 1.54) is 11.8 Å². The topological polar surface area (TPSA) is 85.1 Å². The molecule has 0 aliphatic heterocycles. The second kappa shape index (κ2) is 11.0. The van der Waals surface area contributed by atoms with E-state index in [-0.39, 0.29) is 0 Å². The maximum atomic E-state index is 9.82. The van der Waals surface area contributed by atoms with Crippen molar-refractivity contribution in [2.75, 3.05) is 32.1 Å². The summed E-state index contributed by atoms with van der Waals surface area (Å²) in [5, 5.41) is 25.3. The van der Waals surface area contributed by atoms with Gasteiger partial charge in [0, 0.05) is 18.9 Å². The number of tetrazole rings is 1. The van der Waals surface area contributed by atoms with Crippen LogP contribution in [0.5, 0.6) is 0 Å². The molecule has 1 aromatic rings. The number of hydrogen-bond acceptors (Lipinski definition) is 7. The molecule has 8 heteroatoms. The summed E-state index contributed by atoms with van der Waals surface area (Å²) in [5.74, 6) is 0.535. The predicted octanol–water partition coefficient (Wildman–Crippen LogP) is 0.552. The molecule has 2 N–H and O–H groups in total. The summed E-state index contributed by atoms with van der Waals surface area (Å²) in [4.78, 5) is 0. The molecule has 0 amide bonds. The van der Waals surface area contributed by atoms with Gasteiger partial charge in [-0.15, -0.1) is 5.10 Å². The van der Waals surface area contributed by atoms with E-state index in [1.807, 2.05) is 0 Å². The van der Waals surface area contributed by atoms with Crippen LogP contribution in [0.2, 0.25) is 0 Å². The molecule has 7 nitrogen and oxygen atoms in total. The van der Waals surface area contributed by atoms with Crippen LogP contribution >= 0.6 is 11.8 Å². The molecule has 0 bridgehead atoms. The van der Waals surface area contributed by atoms with Crippen LogP contribution < -0.4 is 5.32 Å². The minimum absolute atomic E-state index is 0.367. The smallest absolute Gasteiger partial charge is 0.209 e. The third kappa shape index (κ3) is 7.18. The minimum atomic E-state index is -0.490. The Morgan fingerprint density at radius 1 is 1.45 bits per heavy atom. The first kappa shape index (κ1) is 17.4. The van der Waals surface area contributed by atoms with E-state index >= 15 is 0 Å². The van der Waals surface area contributed by atoms with Gasteiger partial charge < -0.3 is 15.2 Å². The van der Waals surface area contributed by atoms with E-state index in [0.29, 0.717) is 19.0 Å². The average molecular weight is 303 g/mol. The summed E-state index contributed by atoms with van der Waals surface area (Å²) in [6.07, 6.45) is 1.64. The molecule has 1 rings (SSSR count). The van der Waals surface area contributed by atoms with Crippen molar-refractivity contribution >= 4 is 11.8 Å². The molecule has 0 aliphatic rings. The second-order valence-electron chi connectivity index (χ2n) is 4.43. The van der Waals surface area contributed by atoms with Crippen LogP contribution in [0.15, 0.2) is 5.16 Å². The van der Waals surface area contributed by atoms with Crippen LogP contribution in [0.25, 0.3) is 0 Å². The summed E-state index contributed by atoms with van der Waals surface area (Å²) in [6, 6.07) is 0. The molecule has 1 unspecified atom stereocenters. The molecule has 0 aliphatic carbocycles. The number of unbranched alkanes of at least 4 members (excludes halogenated alkanes) is 1. The van der Waals surface area contributed by atoms with Crippen molar-refractivity contribution in [3.05, 3.63) is 0 Å². The number of aliphatic hydroxyl groups is 1. The fourth-order valence-electron chi connectivity index (χ4n) is 1.49. The number of aromatic nitrogens is 4. The molecular formula is C12H25N5O2S. The van der Waals surface area contributed by atoms with Crippen LogP contribution in [-0.2, 0) is 11.3 Å². The van der Waals surface area contributed by atoms with E-state index in [0.717, 1.165) is 37.6 Å². The zero-order chi connectivity index (χ0) is 14.6. The van der Waals surface area contributed by atoms with Crippen molar-refractivity contribution in [1.82, 2.24) is 25.5 Å². The first-order valence-electron chi connectivity index (χ1n) is 7.13. The highest BCUT2D eigenvalue weighted by Gasteiger charge is 2.10. The summed E-state index contributed by atoms with van der Waals surface area (Å²) in [6.45, 7) is 7.74. The lowest BCUT2D eigenvalue weighted by Crippen LogP contribution is -2.21. The maximum absolute atomic E-state index is 9.82. The van der Waals surface area contributed by atoms with Gasteiger partial charge in [0.2, 0.25) is 5.16 Å². The maximum Gasteiger partial charge on any atom is 0.209 e. The van der Waals surface area contributed by atoms with Gasteiger partial charge in [-0.05, 0) is 23.4 Å². The van der Waals surface area contributed by atoms with Crippen LogP contribution in [0.4, 0.5) is 0 Å². The van der Waals surface area contributed by atoms with Crippen molar-refractivity contribution < 1.29 is 9.84 Å². The third-order valence-electron chi connectivity index (χ3n) is 2.61. The fourth-order valence-corrected chi connectivity index (χ4v) is 2.30. The van der Waals surface area contributed by atoms with Gasteiger partial charge in [-0.25, -0.2) is 4.68 Å². The lowest BCUT2D eigenvalue weighted by atomic mass is 10.3. The van der Waals surface area contributed by atoms with Gasteiger partial charge in [0.25, 0.3) is 0 Å². The van der Waals surface area contributed by atoms with Gasteiger partial charge in [-0.1, -0.05) is 32.0 Å². The van der Waals surface area contributed by atoms with E-state index in [4.69, 9.17) is 4.74 Å². The molecule has 0 spiro atoms. The average Bonchev–Trinajstić information content (AvgIpc) is 2.89. The van der Waals surface area contributed by atoms with Gasteiger partial charge in [0.1, 0.15) is 0 Å². The minimum Gasteiger partial charge on any atom is -0.390 e. The zero-order valence-corrected chi connectivity index (χ0v) is 13.1. The number of ether oxygens (including phenoxy) is 1. The predicted molar refractivity (Wildman–Crippen MR) is 78.8 cm³/mol. The normalized spacial score (nSPS) is 12.8. The lowest BCUT2D eigenvalue weighted by Gasteiger charge is -2.10. The molecule has 1 heterocycles. The quantitative estimate of drug-likeness (QED) is 0.431. The van der Waals surface area contributed by atoms with Gasteiger partial charge in [0.15, 0.2) is 0 Å². The summed E-state index contributed by atoms with van der Waals surface area (Å²) < 4.78 is 7.13. The Balaban J connectivity index is 2.21. The van der Waals surface area contributed by atoms with Crippen LogP contribution in [0.1, 0.15) is 26.7 Å². The molecular weight excluding hydrogens is 278 g/mol. The molecule has 0 fully saturated rings. The SMILES string of the molecule is CCCCOCC(O)CSc1nnnn1CCNCC. The Hall–Kier alpha value is -0.700. The molecule has 0 saturated carbocycles. The molecule has 0 aromatic carbocycles. The summed E-state index contributed by atoms with van der Waals surface area (Å²) in [7, 11) is 0. The van der Waals surface area contributed by atoms with Crippen LogP contribution in [0.3, 0.4) is 0 Å².